The molecule has 0 spiro atoms. The van der Waals surface area contributed by atoms with Gasteiger partial charge >= 0.3 is 5.97 Å². The van der Waals surface area contributed by atoms with E-state index in [-0.39, 0.29) is 11.8 Å². The number of nitrogens with one attached hydrogen (secondary N) is 1. The van der Waals surface area contributed by atoms with Crippen molar-refractivity contribution in [1.29, 1.82) is 0 Å². The fourth-order valence-corrected chi connectivity index (χ4v) is 2.14. The Bertz CT molecular complexity index is 453. The van der Waals surface area contributed by atoms with Crippen LogP contribution in [0.2, 0.25) is 0 Å². The predicted molar refractivity (Wildman–Crippen MR) is 66.9 cm³/mol. The molecule has 0 saturated heterocycles. The van der Waals surface area contributed by atoms with E-state index in [0.29, 0.717) is 19.4 Å². The Morgan fingerprint density at radius 3 is 2.33 bits per heavy atom. The summed E-state index contributed by atoms with van der Waals surface area (Å²) >= 11 is 0. The fourth-order valence-electron chi connectivity index (χ4n) is 2.14. The third-order valence-corrected chi connectivity index (χ3v) is 3.52. The number of carboxylic acid groups (broad SMARTS) is 1. The smallest absolute Gasteiger partial charge is 0.307 e. The SMILES string of the molecule is Cc1ccc(CNC(=O)C2CCC2C(=O)O)cc1. The Hall–Kier alpha value is -1.84. The van der Waals surface area contributed by atoms with Crippen LogP contribution < -0.4 is 5.32 Å². The number of aryl methyl sites for hydroxylation is 1. The van der Waals surface area contributed by atoms with Gasteiger partial charge in [-0.1, -0.05) is 29.8 Å². The summed E-state index contributed by atoms with van der Waals surface area (Å²) in [6, 6.07) is 7.91. The summed E-state index contributed by atoms with van der Waals surface area (Å²) in [6.07, 6.45) is 1.29. The number of carbonyl (C=O) groups excluding carboxylic acids is 1. The standard InChI is InChI=1S/C14H17NO3/c1-9-2-4-10(5-3-9)8-15-13(16)11-6-7-12(11)14(17)18/h2-5,11-12H,6-8H2,1H3,(H,15,16)(H,17,18). The molecule has 1 fully saturated rings. The number of benzene rings is 1. The van der Waals surface area contributed by atoms with E-state index in [1.807, 2.05) is 31.2 Å². The molecule has 1 aliphatic carbocycles. The average Bonchev–Trinajstić information content (AvgIpc) is 2.26. The van der Waals surface area contributed by atoms with Crippen molar-refractivity contribution in [3.05, 3.63) is 35.4 Å². The van der Waals surface area contributed by atoms with E-state index >= 15 is 0 Å². The van der Waals surface area contributed by atoms with E-state index in [2.05, 4.69) is 5.32 Å². The minimum Gasteiger partial charge on any atom is -0.481 e. The Morgan fingerprint density at radius 2 is 1.83 bits per heavy atom. The van der Waals surface area contributed by atoms with Crippen LogP contribution in [-0.4, -0.2) is 17.0 Å². The number of amides is 1. The number of hydrogen-bond acceptors (Lipinski definition) is 2. The summed E-state index contributed by atoms with van der Waals surface area (Å²) in [5, 5.41) is 11.7. The number of aliphatic carboxylic acids is 1. The molecule has 96 valence electrons. The van der Waals surface area contributed by atoms with E-state index in [1.54, 1.807) is 0 Å². The van der Waals surface area contributed by atoms with Gasteiger partial charge in [-0.2, -0.15) is 0 Å². The van der Waals surface area contributed by atoms with Gasteiger partial charge in [-0.15, -0.1) is 0 Å². The summed E-state index contributed by atoms with van der Waals surface area (Å²) < 4.78 is 0. The first-order chi connectivity index (χ1) is 8.58. The van der Waals surface area contributed by atoms with Crippen molar-refractivity contribution >= 4 is 11.9 Å². The van der Waals surface area contributed by atoms with Crippen molar-refractivity contribution < 1.29 is 14.7 Å². The van der Waals surface area contributed by atoms with Gasteiger partial charge in [-0.25, -0.2) is 0 Å². The van der Waals surface area contributed by atoms with E-state index < -0.39 is 11.9 Å². The van der Waals surface area contributed by atoms with Gasteiger partial charge in [-0.05, 0) is 25.3 Å². The molecule has 2 unspecified atom stereocenters. The van der Waals surface area contributed by atoms with Gasteiger partial charge in [-0.3, -0.25) is 9.59 Å². The van der Waals surface area contributed by atoms with Crippen LogP contribution in [0.15, 0.2) is 24.3 Å². The predicted octanol–water partition coefficient (Wildman–Crippen LogP) is 1.72. The highest BCUT2D eigenvalue weighted by molar-refractivity contribution is 5.86. The van der Waals surface area contributed by atoms with E-state index in [1.165, 1.54) is 5.56 Å². The Labute approximate surface area is 106 Å². The monoisotopic (exact) mass is 247 g/mol. The molecule has 1 saturated carbocycles. The number of carboxylic acids is 1. The lowest BCUT2D eigenvalue weighted by atomic mass is 9.73. The lowest BCUT2D eigenvalue weighted by Gasteiger charge is -2.31. The van der Waals surface area contributed by atoms with E-state index in [4.69, 9.17) is 5.11 Å². The molecule has 2 rings (SSSR count). The maximum atomic E-state index is 11.8. The zero-order valence-electron chi connectivity index (χ0n) is 10.3. The summed E-state index contributed by atoms with van der Waals surface area (Å²) in [6.45, 7) is 2.47. The van der Waals surface area contributed by atoms with Gasteiger partial charge in [0.25, 0.3) is 0 Å². The first-order valence-corrected chi connectivity index (χ1v) is 6.14. The molecule has 4 heteroatoms. The molecular formula is C14H17NO3. The molecule has 0 aromatic heterocycles. The third-order valence-electron chi connectivity index (χ3n) is 3.52. The number of rotatable bonds is 4. The zero-order chi connectivity index (χ0) is 13.1. The van der Waals surface area contributed by atoms with Crippen molar-refractivity contribution in [2.24, 2.45) is 11.8 Å². The van der Waals surface area contributed by atoms with Crippen LogP contribution in [0, 0.1) is 18.8 Å². The van der Waals surface area contributed by atoms with Gasteiger partial charge < -0.3 is 10.4 Å². The highest BCUT2D eigenvalue weighted by Gasteiger charge is 2.41. The highest BCUT2D eigenvalue weighted by Crippen LogP contribution is 2.34. The van der Waals surface area contributed by atoms with Crippen LogP contribution in [-0.2, 0) is 16.1 Å². The Balaban J connectivity index is 1.85. The normalized spacial score (nSPS) is 22.1. The maximum Gasteiger partial charge on any atom is 0.307 e. The Kier molecular flexibility index (Phi) is 3.65. The van der Waals surface area contributed by atoms with Crippen LogP contribution in [0.4, 0.5) is 0 Å². The molecule has 0 heterocycles. The van der Waals surface area contributed by atoms with Crippen LogP contribution in [0.25, 0.3) is 0 Å². The second kappa shape index (κ2) is 5.21. The van der Waals surface area contributed by atoms with Crippen LogP contribution in [0.3, 0.4) is 0 Å². The molecule has 1 aliphatic rings. The van der Waals surface area contributed by atoms with Gasteiger partial charge in [0.2, 0.25) is 5.91 Å². The van der Waals surface area contributed by atoms with Gasteiger partial charge in [0.1, 0.15) is 0 Å². The molecule has 0 radical (unpaired) electrons. The van der Waals surface area contributed by atoms with Crippen molar-refractivity contribution in [1.82, 2.24) is 5.32 Å². The quantitative estimate of drug-likeness (QED) is 0.851. The Morgan fingerprint density at radius 1 is 1.22 bits per heavy atom. The second-order valence-electron chi connectivity index (χ2n) is 4.83. The largest absolute Gasteiger partial charge is 0.481 e. The van der Waals surface area contributed by atoms with E-state index in [9.17, 15) is 9.59 Å². The summed E-state index contributed by atoms with van der Waals surface area (Å²) in [5.74, 6) is -1.86. The molecule has 1 aromatic carbocycles. The van der Waals surface area contributed by atoms with Crippen LogP contribution in [0.1, 0.15) is 24.0 Å². The van der Waals surface area contributed by atoms with Crippen LogP contribution in [0.5, 0.6) is 0 Å². The molecule has 0 bridgehead atoms. The molecule has 18 heavy (non-hydrogen) atoms. The average molecular weight is 247 g/mol. The van der Waals surface area contributed by atoms with Gasteiger partial charge in [0.15, 0.2) is 0 Å². The third kappa shape index (κ3) is 2.70. The lowest BCUT2D eigenvalue weighted by Crippen LogP contribution is -2.43. The maximum absolute atomic E-state index is 11.8. The van der Waals surface area contributed by atoms with Crippen LogP contribution >= 0.6 is 0 Å². The zero-order valence-corrected chi connectivity index (χ0v) is 10.3. The topological polar surface area (TPSA) is 66.4 Å². The molecular weight excluding hydrogens is 230 g/mol. The summed E-state index contributed by atoms with van der Waals surface area (Å²) in [4.78, 5) is 22.6. The highest BCUT2D eigenvalue weighted by atomic mass is 16.4. The summed E-state index contributed by atoms with van der Waals surface area (Å²) in [5.41, 5.74) is 2.20. The minimum absolute atomic E-state index is 0.144. The van der Waals surface area contributed by atoms with Gasteiger partial charge in [0, 0.05) is 6.54 Å². The first kappa shape index (κ1) is 12.6. The van der Waals surface area contributed by atoms with Gasteiger partial charge in [0.05, 0.1) is 11.8 Å². The molecule has 4 nitrogen and oxygen atoms in total. The molecule has 2 N–H and O–H groups in total. The van der Waals surface area contributed by atoms with Crippen molar-refractivity contribution in [2.45, 2.75) is 26.3 Å². The molecule has 1 amide bonds. The van der Waals surface area contributed by atoms with Crippen molar-refractivity contribution in [3.8, 4) is 0 Å². The molecule has 0 aliphatic heterocycles. The van der Waals surface area contributed by atoms with Crippen molar-refractivity contribution in [2.75, 3.05) is 0 Å². The molecule has 1 aromatic rings. The fraction of sp³-hybridized carbons (Fsp3) is 0.429. The minimum atomic E-state index is -0.864. The number of hydrogen-bond donors (Lipinski definition) is 2. The first-order valence-electron chi connectivity index (χ1n) is 6.14. The van der Waals surface area contributed by atoms with Crippen molar-refractivity contribution in [3.63, 3.8) is 0 Å². The van der Waals surface area contributed by atoms with E-state index in [0.717, 1.165) is 5.56 Å². The second-order valence-corrected chi connectivity index (χ2v) is 4.83. The summed E-state index contributed by atoms with van der Waals surface area (Å²) in [7, 11) is 0. The lowest BCUT2D eigenvalue weighted by molar-refractivity contribution is -0.152. The number of carbonyl (C=O) groups is 2. The molecule has 2 atom stereocenters.